The molecule has 178 valence electrons. The van der Waals surface area contributed by atoms with Crippen LogP contribution in [0.25, 0.3) is 0 Å². The number of carboxylic acids is 1. The zero-order valence-electron chi connectivity index (χ0n) is 18.7. The molecule has 0 aromatic rings. The number of nitrogens with zero attached hydrogens (tertiary/aromatic N) is 1. The van der Waals surface area contributed by atoms with E-state index in [1.165, 1.54) is 23.6 Å². The summed E-state index contributed by atoms with van der Waals surface area (Å²) >= 11 is 1.50. The number of carboxylic acid groups (broad SMARTS) is 1. The lowest BCUT2D eigenvalue weighted by molar-refractivity contribution is -0.144. The van der Waals surface area contributed by atoms with Gasteiger partial charge in [0.2, 0.25) is 17.7 Å². The molecule has 0 aromatic carbocycles. The zero-order chi connectivity index (χ0) is 23.7. The average molecular weight is 461 g/mol. The quantitative estimate of drug-likeness (QED) is 0.261. The van der Waals surface area contributed by atoms with E-state index in [4.69, 9.17) is 5.73 Å². The van der Waals surface area contributed by atoms with Gasteiger partial charge in [0.15, 0.2) is 0 Å². The van der Waals surface area contributed by atoms with Gasteiger partial charge in [0.25, 0.3) is 0 Å². The standard InChI is InChI=1S/C20H36N4O6S/c1-5-11(2)16(20(29)30)23-17(26)13(8-10-31-4)22-18(27)14-7-6-9-24(14)19(28)15(21)12(3)25/h11-16,25H,5-10,21H2,1-4H3,(H,22,27)(H,23,26)(H,29,30). The molecule has 1 aliphatic heterocycles. The van der Waals surface area contributed by atoms with Crippen molar-refractivity contribution in [2.45, 2.75) is 76.7 Å². The van der Waals surface area contributed by atoms with Gasteiger partial charge < -0.3 is 31.5 Å². The van der Waals surface area contributed by atoms with Crippen molar-refractivity contribution in [3.05, 3.63) is 0 Å². The maximum atomic E-state index is 12.9. The number of rotatable bonds is 12. The summed E-state index contributed by atoms with van der Waals surface area (Å²) in [4.78, 5) is 51.2. The minimum Gasteiger partial charge on any atom is -0.480 e. The molecule has 1 rings (SSSR count). The first kappa shape index (κ1) is 27.2. The third kappa shape index (κ3) is 7.65. The van der Waals surface area contributed by atoms with Crippen LogP contribution in [0, 0.1) is 5.92 Å². The minimum absolute atomic E-state index is 0.275. The van der Waals surface area contributed by atoms with Gasteiger partial charge in [0, 0.05) is 6.54 Å². The highest BCUT2D eigenvalue weighted by molar-refractivity contribution is 7.98. The summed E-state index contributed by atoms with van der Waals surface area (Å²) in [6.07, 6.45) is 2.73. The van der Waals surface area contributed by atoms with Gasteiger partial charge in [-0.05, 0) is 44.1 Å². The molecule has 6 atom stereocenters. The summed E-state index contributed by atoms with van der Waals surface area (Å²) in [7, 11) is 0. The lowest BCUT2D eigenvalue weighted by Gasteiger charge is -2.29. The lowest BCUT2D eigenvalue weighted by Crippen LogP contribution is -2.58. The Morgan fingerprint density at radius 3 is 2.39 bits per heavy atom. The van der Waals surface area contributed by atoms with Gasteiger partial charge in [0.05, 0.1) is 6.10 Å². The second kappa shape index (κ2) is 12.9. The summed E-state index contributed by atoms with van der Waals surface area (Å²) < 4.78 is 0. The van der Waals surface area contributed by atoms with Crippen LogP contribution in [-0.4, -0.2) is 87.6 Å². The number of hydrogen-bond donors (Lipinski definition) is 5. The van der Waals surface area contributed by atoms with E-state index in [1.54, 1.807) is 6.92 Å². The van der Waals surface area contributed by atoms with Crippen molar-refractivity contribution in [2.24, 2.45) is 11.7 Å². The molecule has 0 spiro atoms. The number of aliphatic hydroxyl groups is 1. The van der Waals surface area contributed by atoms with Gasteiger partial charge in [0.1, 0.15) is 24.2 Å². The van der Waals surface area contributed by atoms with Crippen molar-refractivity contribution in [3.63, 3.8) is 0 Å². The van der Waals surface area contributed by atoms with Crippen LogP contribution in [0.5, 0.6) is 0 Å². The van der Waals surface area contributed by atoms with E-state index in [0.717, 1.165) is 0 Å². The van der Waals surface area contributed by atoms with Crippen LogP contribution in [0.15, 0.2) is 0 Å². The maximum Gasteiger partial charge on any atom is 0.326 e. The molecular formula is C20H36N4O6S. The van der Waals surface area contributed by atoms with Gasteiger partial charge in [-0.15, -0.1) is 0 Å². The number of carbonyl (C=O) groups is 4. The SMILES string of the molecule is CCC(C)C(NC(=O)C(CCSC)NC(=O)C1CCCN1C(=O)C(N)C(C)O)C(=O)O. The summed E-state index contributed by atoms with van der Waals surface area (Å²) in [5.41, 5.74) is 5.75. The third-order valence-electron chi connectivity index (χ3n) is 5.66. The fourth-order valence-corrected chi connectivity index (χ4v) is 3.88. The largest absolute Gasteiger partial charge is 0.480 e. The maximum absolute atomic E-state index is 12.9. The molecule has 6 N–H and O–H groups in total. The smallest absolute Gasteiger partial charge is 0.326 e. The third-order valence-corrected chi connectivity index (χ3v) is 6.31. The van der Waals surface area contributed by atoms with Crippen LogP contribution in [0.4, 0.5) is 0 Å². The normalized spacial score (nSPS) is 21.0. The molecule has 31 heavy (non-hydrogen) atoms. The highest BCUT2D eigenvalue weighted by atomic mass is 32.2. The first-order chi connectivity index (χ1) is 14.5. The molecule has 0 bridgehead atoms. The van der Waals surface area contributed by atoms with Gasteiger partial charge >= 0.3 is 5.97 Å². The molecule has 10 nitrogen and oxygen atoms in total. The molecule has 3 amide bonds. The Bertz CT molecular complexity index is 647. The molecular weight excluding hydrogens is 424 g/mol. The van der Waals surface area contributed by atoms with Gasteiger partial charge in [-0.1, -0.05) is 20.3 Å². The van der Waals surface area contributed by atoms with E-state index >= 15 is 0 Å². The van der Waals surface area contributed by atoms with Crippen molar-refractivity contribution < 1.29 is 29.4 Å². The van der Waals surface area contributed by atoms with Crippen molar-refractivity contribution in [2.75, 3.05) is 18.6 Å². The Morgan fingerprint density at radius 1 is 1.23 bits per heavy atom. The number of carbonyl (C=O) groups excluding carboxylic acids is 3. The number of hydrogen-bond acceptors (Lipinski definition) is 7. The second-order valence-electron chi connectivity index (χ2n) is 8.01. The van der Waals surface area contributed by atoms with E-state index in [2.05, 4.69) is 10.6 Å². The number of nitrogens with one attached hydrogen (secondary N) is 2. The molecule has 6 unspecified atom stereocenters. The van der Waals surface area contributed by atoms with Crippen LogP contribution in [0.1, 0.15) is 46.5 Å². The van der Waals surface area contributed by atoms with E-state index in [0.29, 0.717) is 38.0 Å². The monoisotopic (exact) mass is 460 g/mol. The highest BCUT2D eigenvalue weighted by Gasteiger charge is 2.39. The number of thioether (sulfide) groups is 1. The van der Waals surface area contributed by atoms with E-state index in [-0.39, 0.29) is 5.92 Å². The van der Waals surface area contributed by atoms with Crippen molar-refractivity contribution >= 4 is 35.5 Å². The van der Waals surface area contributed by atoms with Crippen LogP contribution in [0.2, 0.25) is 0 Å². The molecule has 0 aromatic heterocycles. The number of likely N-dealkylation sites (tertiary alicyclic amines) is 1. The number of amides is 3. The van der Waals surface area contributed by atoms with E-state index in [1.807, 2.05) is 13.2 Å². The number of nitrogens with two attached hydrogens (primary N) is 1. The predicted molar refractivity (Wildman–Crippen MR) is 118 cm³/mol. The van der Waals surface area contributed by atoms with Crippen molar-refractivity contribution in [3.8, 4) is 0 Å². The van der Waals surface area contributed by atoms with E-state index < -0.39 is 54.0 Å². The molecule has 0 aliphatic carbocycles. The number of aliphatic carboxylic acids is 1. The Hall–Kier alpha value is -1.85. The zero-order valence-corrected chi connectivity index (χ0v) is 19.5. The summed E-state index contributed by atoms with van der Waals surface area (Å²) in [5.74, 6) is -2.38. The topological polar surface area (TPSA) is 162 Å². The molecule has 1 aliphatic rings. The first-order valence-corrected chi connectivity index (χ1v) is 12.0. The fourth-order valence-electron chi connectivity index (χ4n) is 3.41. The van der Waals surface area contributed by atoms with Crippen LogP contribution in [0.3, 0.4) is 0 Å². The molecule has 1 fully saturated rings. The molecule has 1 heterocycles. The lowest BCUT2D eigenvalue weighted by atomic mass is 9.98. The van der Waals surface area contributed by atoms with Crippen molar-refractivity contribution in [1.82, 2.24) is 15.5 Å². The number of aliphatic hydroxyl groups excluding tert-OH is 1. The van der Waals surface area contributed by atoms with Crippen LogP contribution < -0.4 is 16.4 Å². The Kier molecular flexibility index (Phi) is 11.3. The van der Waals surface area contributed by atoms with Crippen LogP contribution >= 0.6 is 11.8 Å². The Morgan fingerprint density at radius 2 is 1.87 bits per heavy atom. The fraction of sp³-hybridized carbons (Fsp3) is 0.800. The minimum atomic E-state index is -1.13. The molecule has 11 heteroatoms. The molecule has 0 saturated carbocycles. The Balaban J connectivity index is 2.92. The highest BCUT2D eigenvalue weighted by Crippen LogP contribution is 2.19. The average Bonchev–Trinajstić information content (AvgIpc) is 3.22. The van der Waals surface area contributed by atoms with Crippen LogP contribution in [-0.2, 0) is 19.2 Å². The van der Waals surface area contributed by atoms with Gasteiger partial charge in [-0.25, -0.2) is 4.79 Å². The van der Waals surface area contributed by atoms with Gasteiger partial charge in [-0.3, -0.25) is 14.4 Å². The first-order valence-electron chi connectivity index (χ1n) is 10.6. The molecule has 1 saturated heterocycles. The summed E-state index contributed by atoms with van der Waals surface area (Å²) in [6.45, 7) is 5.33. The second-order valence-corrected chi connectivity index (χ2v) is 8.99. The van der Waals surface area contributed by atoms with E-state index in [9.17, 15) is 29.4 Å². The summed E-state index contributed by atoms with van der Waals surface area (Å²) in [6, 6.07) is -3.89. The predicted octanol–water partition coefficient (Wildman–Crippen LogP) is -0.461. The Labute approximate surface area is 187 Å². The molecule has 0 radical (unpaired) electrons. The summed E-state index contributed by atoms with van der Waals surface area (Å²) in [5, 5.41) is 24.3. The van der Waals surface area contributed by atoms with Crippen molar-refractivity contribution in [1.29, 1.82) is 0 Å². The van der Waals surface area contributed by atoms with Gasteiger partial charge in [-0.2, -0.15) is 11.8 Å².